The Morgan fingerprint density at radius 1 is 1.55 bits per heavy atom. The lowest BCUT2D eigenvalue weighted by atomic mass is 9.90. The number of carboxylic acids is 1. The highest BCUT2D eigenvalue weighted by atomic mass is 32.2. The van der Waals surface area contributed by atoms with E-state index in [9.17, 15) is 18.3 Å². The molecule has 112 valence electrons. The van der Waals surface area contributed by atoms with E-state index in [2.05, 4.69) is 4.98 Å². The van der Waals surface area contributed by atoms with Gasteiger partial charge in [-0.2, -0.15) is 4.31 Å². The van der Waals surface area contributed by atoms with Gasteiger partial charge in [0.25, 0.3) is 10.0 Å². The Morgan fingerprint density at radius 3 is 2.75 bits per heavy atom. The Kier molecular flexibility index (Phi) is 4.14. The maximum Gasteiger partial charge on any atom is 0.322 e. The van der Waals surface area contributed by atoms with Crippen molar-refractivity contribution in [2.24, 2.45) is 13.0 Å². The minimum atomic E-state index is -3.85. The van der Waals surface area contributed by atoms with Crippen LogP contribution in [0.25, 0.3) is 0 Å². The van der Waals surface area contributed by atoms with Gasteiger partial charge in [-0.15, -0.1) is 0 Å². The molecule has 20 heavy (non-hydrogen) atoms. The number of piperidine rings is 1. The Labute approximate surface area is 118 Å². The van der Waals surface area contributed by atoms with E-state index in [-0.39, 0.29) is 17.5 Å². The summed E-state index contributed by atoms with van der Waals surface area (Å²) in [5, 5.41) is 9.21. The Bertz CT molecular complexity index is 596. The van der Waals surface area contributed by atoms with Crippen LogP contribution in [0.15, 0.2) is 17.6 Å². The minimum Gasteiger partial charge on any atom is -0.480 e. The predicted octanol–water partition coefficient (Wildman–Crippen LogP) is 0.684. The zero-order valence-corrected chi connectivity index (χ0v) is 12.4. The average molecular weight is 301 g/mol. The molecule has 1 aromatic rings. The fourth-order valence-electron chi connectivity index (χ4n) is 2.54. The van der Waals surface area contributed by atoms with Crippen LogP contribution in [0.4, 0.5) is 0 Å². The van der Waals surface area contributed by atoms with Gasteiger partial charge in [-0.3, -0.25) is 4.79 Å². The molecule has 1 fully saturated rings. The van der Waals surface area contributed by atoms with Crippen molar-refractivity contribution in [2.75, 3.05) is 6.54 Å². The molecular weight excluding hydrogens is 282 g/mol. The van der Waals surface area contributed by atoms with E-state index in [0.717, 1.165) is 10.7 Å². The molecule has 1 aromatic heterocycles. The van der Waals surface area contributed by atoms with Crippen molar-refractivity contribution < 1.29 is 18.3 Å². The van der Waals surface area contributed by atoms with E-state index in [1.54, 1.807) is 7.05 Å². The maximum absolute atomic E-state index is 12.5. The smallest absolute Gasteiger partial charge is 0.322 e. The fraction of sp³-hybridized carbons (Fsp3) is 0.667. The highest BCUT2D eigenvalue weighted by molar-refractivity contribution is 7.89. The number of hydrogen-bond acceptors (Lipinski definition) is 4. The van der Waals surface area contributed by atoms with E-state index in [1.807, 2.05) is 6.92 Å². The summed E-state index contributed by atoms with van der Waals surface area (Å²) in [6.07, 6.45) is 4.69. The number of aryl methyl sites for hydroxylation is 1. The molecule has 0 bridgehead atoms. The van der Waals surface area contributed by atoms with Crippen molar-refractivity contribution in [3.63, 3.8) is 0 Å². The molecular formula is C12H19N3O4S. The predicted molar refractivity (Wildman–Crippen MR) is 71.5 cm³/mol. The molecule has 0 aromatic carbocycles. The van der Waals surface area contributed by atoms with Crippen LogP contribution in [0.1, 0.15) is 26.2 Å². The summed E-state index contributed by atoms with van der Waals surface area (Å²) in [6, 6.07) is -0.999. The molecule has 1 N–H and O–H groups in total. The second-order valence-corrected chi connectivity index (χ2v) is 6.98. The Morgan fingerprint density at radius 2 is 2.25 bits per heavy atom. The van der Waals surface area contributed by atoms with Crippen LogP contribution in [-0.2, 0) is 21.9 Å². The second kappa shape index (κ2) is 5.53. The number of carboxylic acid groups (broad SMARTS) is 1. The van der Waals surface area contributed by atoms with Gasteiger partial charge in [-0.05, 0) is 18.8 Å². The molecule has 2 atom stereocenters. The lowest BCUT2D eigenvalue weighted by Crippen LogP contribution is -2.50. The lowest BCUT2D eigenvalue weighted by molar-refractivity contribution is -0.143. The minimum absolute atomic E-state index is 0.0961. The van der Waals surface area contributed by atoms with Gasteiger partial charge in [0.2, 0.25) is 0 Å². The van der Waals surface area contributed by atoms with Crippen LogP contribution in [0.5, 0.6) is 0 Å². The van der Waals surface area contributed by atoms with Crippen LogP contribution in [0, 0.1) is 5.92 Å². The summed E-state index contributed by atoms with van der Waals surface area (Å²) in [4.78, 5) is 15.2. The molecule has 0 amide bonds. The first kappa shape index (κ1) is 15.0. The average Bonchev–Trinajstić information content (AvgIpc) is 2.85. The fourth-order valence-corrected chi connectivity index (χ4v) is 4.12. The van der Waals surface area contributed by atoms with Gasteiger partial charge in [0.15, 0.2) is 5.03 Å². The third-order valence-corrected chi connectivity index (χ3v) is 5.57. The summed E-state index contributed by atoms with van der Waals surface area (Å²) in [7, 11) is -2.18. The van der Waals surface area contributed by atoms with Gasteiger partial charge < -0.3 is 9.67 Å². The molecule has 8 heteroatoms. The highest BCUT2D eigenvalue weighted by Gasteiger charge is 2.41. The second-order valence-electron chi connectivity index (χ2n) is 5.15. The monoisotopic (exact) mass is 301 g/mol. The first-order valence-electron chi connectivity index (χ1n) is 6.59. The molecule has 2 rings (SSSR count). The molecule has 0 aliphatic carbocycles. The number of carbonyl (C=O) groups is 1. The number of sulfonamides is 1. The third kappa shape index (κ3) is 2.71. The highest BCUT2D eigenvalue weighted by Crippen LogP contribution is 2.29. The molecule has 0 saturated carbocycles. The quantitative estimate of drug-likeness (QED) is 0.883. The first-order valence-corrected chi connectivity index (χ1v) is 8.03. The normalized spacial score (nSPS) is 24.7. The molecule has 1 saturated heterocycles. The molecule has 1 aliphatic rings. The first-order chi connectivity index (χ1) is 9.36. The van der Waals surface area contributed by atoms with Gasteiger partial charge in [0, 0.05) is 19.8 Å². The number of aromatic nitrogens is 2. The van der Waals surface area contributed by atoms with Gasteiger partial charge >= 0.3 is 5.97 Å². The van der Waals surface area contributed by atoms with Gasteiger partial charge in [0.1, 0.15) is 6.04 Å². The van der Waals surface area contributed by atoms with Crippen molar-refractivity contribution >= 4 is 16.0 Å². The third-order valence-electron chi connectivity index (χ3n) is 3.78. The maximum atomic E-state index is 12.5. The molecule has 0 spiro atoms. The van der Waals surface area contributed by atoms with Crippen LogP contribution >= 0.6 is 0 Å². The molecule has 0 radical (unpaired) electrons. The van der Waals surface area contributed by atoms with Crippen LogP contribution in [0.2, 0.25) is 0 Å². The van der Waals surface area contributed by atoms with Crippen LogP contribution < -0.4 is 0 Å². The van der Waals surface area contributed by atoms with Crippen LogP contribution in [-0.4, -0.2) is 45.9 Å². The zero-order chi connectivity index (χ0) is 14.9. The van der Waals surface area contributed by atoms with E-state index in [4.69, 9.17) is 0 Å². The van der Waals surface area contributed by atoms with E-state index < -0.39 is 22.0 Å². The Balaban J connectivity index is 2.32. The number of imidazole rings is 1. The summed E-state index contributed by atoms with van der Waals surface area (Å²) in [5.41, 5.74) is 0. The van der Waals surface area contributed by atoms with Gasteiger partial charge in [-0.25, -0.2) is 13.4 Å². The molecule has 2 heterocycles. The summed E-state index contributed by atoms with van der Waals surface area (Å²) < 4.78 is 27.6. The number of hydrogen-bond donors (Lipinski definition) is 1. The SMILES string of the molecule is CCC1CCN(S(=O)(=O)c2cn(C)cn2)C(C(=O)O)C1. The van der Waals surface area contributed by atoms with E-state index >= 15 is 0 Å². The van der Waals surface area contributed by atoms with Crippen LogP contribution in [0.3, 0.4) is 0 Å². The summed E-state index contributed by atoms with van der Waals surface area (Å²) in [5.74, 6) is -0.839. The van der Waals surface area contributed by atoms with E-state index in [0.29, 0.717) is 12.8 Å². The van der Waals surface area contributed by atoms with Crippen molar-refractivity contribution in [1.82, 2.24) is 13.9 Å². The van der Waals surface area contributed by atoms with Gasteiger partial charge in [-0.1, -0.05) is 13.3 Å². The standard InChI is InChI=1S/C12H19N3O4S/c1-3-9-4-5-15(10(6-9)12(16)17)20(18,19)11-7-14(2)8-13-11/h7-10H,3-6H2,1-2H3,(H,16,17). The number of nitrogens with zero attached hydrogens (tertiary/aromatic N) is 3. The molecule has 1 aliphatic heterocycles. The zero-order valence-electron chi connectivity index (χ0n) is 11.6. The number of rotatable bonds is 4. The van der Waals surface area contributed by atoms with Crippen molar-refractivity contribution in [1.29, 1.82) is 0 Å². The van der Waals surface area contributed by atoms with Crippen molar-refractivity contribution in [3.8, 4) is 0 Å². The molecule has 7 nitrogen and oxygen atoms in total. The topological polar surface area (TPSA) is 92.5 Å². The van der Waals surface area contributed by atoms with E-state index in [1.165, 1.54) is 17.1 Å². The lowest BCUT2D eigenvalue weighted by Gasteiger charge is -2.35. The summed E-state index contributed by atoms with van der Waals surface area (Å²) in [6.45, 7) is 2.22. The van der Waals surface area contributed by atoms with Crippen molar-refractivity contribution in [3.05, 3.63) is 12.5 Å². The van der Waals surface area contributed by atoms with Crippen molar-refractivity contribution in [2.45, 2.75) is 37.3 Å². The number of aliphatic carboxylic acids is 1. The largest absolute Gasteiger partial charge is 0.480 e. The van der Waals surface area contributed by atoms with Gasteiger partial charge in [0.05, 0.1) is 6.33 Å². The molecule has 2 unspecified atom stereocenters. The Hall–Kier alpha value is -1.41. The summed E-state index contributed by atoms with van der Waals surface area (Å²) >= 11 is 0.